The molecule has 5 rings (SSSR count). The van der Waals surface area contributed by atoms with Crippen LogP contribution in [0.15, 0.2) is 60.7 Å². The molecule has 2 aliphatic rings. The Labute approximate surface area is 182 Å². The van der Waals surface area contributed by atoms with Crippen LogP contribution in [0.4, 0.5) is 11.4 Å². The van der Waals surface area contributed by atoms with Crippen LogP contribution in [-0.2, 0) is 4.79 Å². The van der Waals surface area contributed by atoms with Crippen LogP contribution in [0.2, 0.25) is 5.02 Å². The zero-order valence-corrected chi connectivity index (χ0v) is 16.7. The van der Waals surface area contributed by atoms with Gasteiger partial charge in [-0.1, -0.05) is 17.7 Å². The van der Waals surface area contributed by atoms with Gasteiger partial charge in [0.05, 0.1) is 11.3 Å². The largest absolute Gasteiger partial charge is 0.454 e. The van der Waals surface area contributed by atoms with Gasteiger partial charge in [0.2, 0.25) is 12.7 Å². The normalized spacial score (nSPS) is 13.6. The molecule has 0 saturated carbocycles. The number of hydrogen-bond donors (Lipinski definition) is 2. The molecule has 8 heteroatoms. The Morgan fingerprint density at radius 2 is 1.77 bits per heavy atom. The highest BCUT2D eigenvalue weighted by atomic mass is 35.5. The lowest BCUT2D eigenvalue weighted by Crippen LogP contribution is -2.12. The highest BCUT2D eigenvalue weighted by Crippen LogP contribution is 2.38. The Kier molecular flexibility index (Phi) is 4.72. The van der Waals surface area contributed by atoms with Gasteiger partial charge in [-0.25, -0.2) is 0 Å². The van der Waals surface area contributed by atoms with Crippen molar-refractivity contribution in [3.63, 3.8) is 0 Å². The van der Waals surface area contributed by atoms with Gasteiger partial charge in [0, 0.05) is 16.8 Å². The first kappa shape index (κ1) is 19.0. The molecule has 2 N–H and O–H groups in total. The molecule has 2 aliphatic heterocycles. The minimum absolute atomic E-state index is 0.191. The summed E-state index contributed by atoms with van der Waals surface area (Å²) in [6, 6.07) is 15.2. The van der Waals surface area contributed by atoms with Gasteiger partial charge in [-0.05, 0) is 60.2 Å². The Balaban J connectivity index is 1.32. The quantitative estimate of drug-likeness (QED) is 0.561. The van der Waals surface area contributed by atoms with Crippen molar-refractivity contribution in [1.82, 2.24) is 0 Å². The molecule has 154 valence electrons. The van der Waals surface area contributed by atoms with E-state index in [9.17, 15) is 9.59 Å². The first-order valence-electron chi connectivity index (χ1n) is 9.37. The van der Waals surface area contributed by atoms with E-state index in [2.05, 4.69) is 10.6 Å². The maximum absolute atomic E-state index is 12.6. The van der Waals surface area contributed by atoms with Crippen LogP contribution in [0.3, 0.4) is 0 Å². The van der Waals surface area contributed by atoms with Crippen LogP contribution >= 0.6 is 11.6 Å². The number of benzene rings is 3. The number of nitrogens with one attached hydrogen (secondary N) is 2. The van der Waals surface area contributed by atoms with Gasteiger partial charge >= 0.3 is 0 Å². The molecular formula is C23H15ClN2O5. The minimum Gasteiger partial charge on any atom is -0.454 e. The Morgan fingerprint density at radius 1 is 0.968 bits per heavy atom. The number of anilines is 2. The second kappa shape index (κ2) is 7.70. The first-order chi connectivity index (χ1) is 15.0. The summed E-state index contributed by atoms with van der Waals surface area (Å²) in [6.07, 6.45) is 3.06. The molecule has 7 nitrogen and oxygen atoms in total. The topological polar surface area (TPSA) is 85.9 Å². The molecule has 0 bridgehead atoms. The number of fused-ring (bicyclic) bond motifs is 3. The summed E-state index contributed by atoms with van der Waals surface area (Å²) in [6.45, 7) is 0.191. The predicted octanol–water partition coefficient (Wildman–Crippen LogP) is 5.08. The fraction of sp³-hybridized carbons (Fsp3) is 0.0435. The number of ether oxygens (including phenoxy) is 3. The highest BCUT2D eigenvalue weighted by molar-refractivity contribution is 6.31. The highest BCUT2D eigenvalue weighted by Gasteiger charge is 2.21. The Morgan fingerprint density at radius 3 is 2.68 bits per heavy atom. The summed E-state index contributed by atoms with van der Waals surface area (Å²) < 4.78 is 16.4. The lowest BCUT2D eigenvalue weighted by molar-refractivity contribution is -0.111. The molecule has 0 saturated heterocycles. The fourth-order valence-electron chi connectivity index (χ4n) is 3.24. The molecule has 2 heterocycles. The molecule has 0 aromatic heterocycles. The van der Waals surface area contributed by atoms with Gasteiger partial charge in [-0.15, -0.1) is 0 Å². The second-order valence-corrected chi connectivity index (χ2v) is 7.28. The van der Waals surface area contributed by atoms with E-state index in [0.29, 0.717) is 45.0 Å². The molecule has 3 aromatic rings. The number of rotatable bonds is 3. The summed E-state index contributed by atoms with van der Waals surface area (Å²) in [4.78, 5) is 25.0. The average Bonchev–Trinajstić information content (AvgIpc) is 3.17. The van der Waals surface area contributed by atoms with Crippen molar-refractivity contribution in [1.29, 1.82) is 0 Å². The van der Waals surface area contributed by atoms with Crippen LogP contribution in [0.5, 0.6) is 23.0 Å². The SMILES string of the molecule is O=C(/C=C/c1ccc2c(c1)OCO2)Nc1ccc2c(c1)C(=O)Nc1cc(Cl)ccc1O2. The van der Waals surface area contributed by atoms with Crippen LogP contribution in [0.1, 0.15) is 15.9 Å². The van der Waals surface area contributed by atoms with Gasteiger partial charge in [0.15, 0.2) is 17.2 Å². The summed E-state index contributed by atoms with van der Waals surface area (Å²) in [5.41, 5.74) is 2.03. The summed E-state index contributed by atoms with van der Waals surface area (Å²) >= 11 is 6.00. The van der Waals surface area contributed by atoms with Crippen LogP contribution in [0, 0.1) is 0 Å². The van der Waals surface area contributed by atoms with Crippen LogP contribution < -0.4 is 24.8 Å². The second-order valence-electron chi connectivity index (χ2n) is 6.84. The third-order valence-corrected chi connectivity index (χ3v) is 4.96. The van der Waals surface area contributed by atoms with Crippen molar-refractivity contribution < 1.29 is 23.8 Å². The summed E-state index contributed by atoms with van der Waals surface area (Å²) in [5, 5.41) is 6.00. The lowest BCUT2D eigenvalue weighted by Gasteiger charge is -2.09. The molecule has 31 heavy (non-hydrogen) atoms. The van der Waals surface area contributed by atoms with Crippen LogP contribution in [0.25, 0.3) is 6.08 Å². The van der Waals surface area contributed by atoms with Gasteiger partial charge in [-0.2, -0.15) is 0 Å². The van der Waals surface area contributed by atoms with Gasteiger partial charge < -0.3 is 24.8 Å². The standard InChI is InChI=1S/C23H15ClN2O5/c24-14-3-6-19-17(10-14)26-23(28)16-11-15(4-7-18(16)31-19)25-22(27)8-2-13-1-5-20-21(9-13)30-12-29-20/h1-11H,12H2,(H,25,27)(H,26,28)/b8-2+. The summed E-state index contributed by atoms with van der Waals surface area (Å²) in [7, 11) is 0. The van der Waals surface area contributed by atoms with Gasteiger partial charge in [-0.3, -0.25) is 9.59 Å². The van der Waals surface area contributed by atoms with Crippen molar-refractivity contribution >= 4 is 40.9 Å². The van der Waals surface area contributed by atoms with Crippen LogP contribution in [-0.4, -0.2) is 18.6 Å². The molecule has 0 aliphatic carbocycles. The number of hydrogen-bond acceptors (Lipinski definition) is 5. The van der Waals surface area contributed by atoms with E-state index in [0.717, 1.165) is 5.56 Å². The molecule has 0 atom stereocenters. The van der Waals surface area contributed by atoms with E-state index in [4.69, 9.17) is 25.8 Å². The van der Waals surface area contributed by atoms with E-state index in [-0.39, 0.29) is 18.6 Å². The zero-order valence-electron chi connectivity index (χ0n) is 16.0. The van der Waals surface area contributed by atoms with E-state index in [1.54, 1.807) is 54.6 Å². The van der Waals surface area contributed by atoms with E-state index < -0.39 is 0 Å². The van der Waals surface area contributed by atoms with Crippen molar-refractivity contribution in [2.45, 2.75) is 0 Å². The average molecular weight is 435 g/mol. The third kappa shape index (κ3) is 3.91. The zero-order chi connectivity index (χ0) is 21.4. The van der Waals surface area contributed by atoms with E-state index in [1.807, 2.05) is 6.07 Å². The number of halogens is 1. The lowest BCUT2D eigenvalue weighted by atomic mass is 10.1. The van der Waals surface area contributed by atoms with Crippen molar-refractivity contribution in [2.75, 3.05) is 17.4 Å². The number of amides is 2. The first-order valence-corrected chi connectivity index (χ1v) is 9.74. The number of carbonyl (C=O) groups excluding carboxylic acids is 2. The van der Waals surface area contributed by atoms with Crippen molar-refractivity contribution in [2.24, 2.45) is 0 Å². The molecule has 0 unspecified atom stereocenters. The number of carbonyl (C=O) groups is 2. The molecule has 0 spiro atoms. The smallest absolute Gasteiger partial charge is 0.259 e. The fourth-order valence-corrected chi connectivity index (χ4v) is 3.42. The maximum Gasteiger partial charge on any atom is 0.259 e. The van der Waals surface area contributed by atoms with E-state index in [1.165, 1.54) is 6.08 Å². The Bertz CT molecular complexity index is 1250. The van der Waals surface area contributed by atoms with Gasteiger partial charge in [0.1, 0.15) is 5.75 Å². The molecule has 2 amide bonds. The maximum atomic E-state index is 12.6. The monoisotopic (exact) mass is 434 g/mol. The van der Waals surface area contributed by atoms with Crippen molar-refractivity contribution in [3.05, 3.63) is 76.8 Å². The Hall–Kier alpha value is -3.97. The molecule has 0 fully saturated rings. The minimum atomic E-state index is -0.358. The molecule has 0 radical (unpaired) electrons. The van der Waals surface area contributed by atoms with E-state index >= 15 is 0 Å². The third-order valence-electron chi connectivity index (χ3n) is 4.73. The molecular weight excluding hydrogens is 420 g/mol. The van der Waals surface area contributed by atoms with Gasteiger partial charge in [0.25, 0.3) is 5.91 Å². The van der Waals surface area contributed by atoms with Crippen molar-refractivity contribution in [3.8, 4) is 23.0 Å². The predicted molar refractivity (Wildman–Crippen MR) is 116 cm³/mol. The molecule has 3 aromatic carbocycles. The summed E-state index contributed by atoms with van der Waals surface area (Å²) in [5.74, 6) is 1.48.